The van der Waals surface area contributed by atoms with Gasteiger partial charge < -0.3 is 5.73 Å². The summed E-state index contributed by atoms with van der Waals surface area (Å²) in [6.45, 7) is 4.03. The summed E-state index contributed by atoms with van der Waals surface area (Å²) in [5.41, 5.74) is 7.93. The van der Waals surface area contributed by atoms with E-state index in [1.54, 1.807) is 11.8 Å². The van der Waals surface area contributed by atoms with Gasteiger partial charge in [-0.15, -0.1) is 0 Å². The number of nitrogens with zero attached hydrogens (tertiary/aromatic N) is 2. The van der Waals surface area contributed by atoms with Crippen LogP contribution in [0.15, 0.2) is 40.5 Å². The van der Waals surface area contributed by atoms with Gasteiger partial charge in [-0.05, 0) is 25.5 Å². The first-order valence-corrected chi connectivity index (χ1v) is 5.80. The molecular formula is C12H13N3S. The molecule has 82 valence electrons. The summed E-state index contributed by atoms with van der Waals surface area (Å²) >= 11 is 1.62. The Labute approximate surface area is 99.1 Å². The number of hydrogen-bond acceptors (Lipinski definition) is 4. The summed E-state index contributed by atoms with van der Waals surface area (Å²) in [5, 5.41) is 0.918. The molecule has 0 radical (unpaired) electrons. The molecule has 0 aliphatic rings. The minimum atomic E-state index is 0.547. The minimum absolute atomic E-state index is 0.547. The molecule has 1 aromatic carbocycles. The van der Waals surface area contributed by atoms with E-state index in [0.29, 0.717) is 5.82 Å². The molecule has 0 saturated carbocycles. The number of benzene rings is 1. The van der Waals surface area contributed by atoms with Gasteiger partial charge in [-0.3, -0.25) is 0 Å². The summed E-state index contributed by atoms with van der Waals surface area (Å²) in [6, 6.07) is 8.22. The van der Waals surface area contributed by atoms with E-state index in [-0.39, 0.29) is 0 Å². The highest BCUT2D eigenvalue weighted by Gasteiger charge is 2.07. The Morgan fingerprint density at radius 1 is 1.12 bits per heavy atom. The molecule has 0 spiro atoms. The molecule has 4 heteroatoms. The van der Waals surface area contributed by atoms with Gasteiger partial charge in [-0.25, -0.2) is 9.97 Å². The lowest BCUT2D eigenvalue weighted by atomic mass is 10.2. The lowest BCUT2D eigenvalue weighted by Gasteiger charge is -2.07. The van der Waals surface area contributed by atoms with E-state index in [4.69, 9.17) is 5.73 Å². The summed E-state index contributed by atoms with van der Waals surface area (Å²) < 4.78 is 0. The lowest BCUT2D eigenvalue weighted by molar-refractivity contribution is 1.01. The molecule has 0 aliphatic heterocycles. The number of rotatable bonds is 2. The molecule has 0 aliphatic carbocycles. The van der Waals surface area contributed by atoms with Gasteiger partial charge in [-0.2, -0.15) is 0 Å². The van der Waals surface area contributed by atoms with E-state index in [1.807, 2.05) is 19.1 Å². The van der Waals surface area contributed by atoms with Crippen molar-refractivity contribution in [2.45, 2.75) is 23.8 Å². The van der Waals surface area contributed by atoms with Crippen molar-refractivity contribution in [1.82, 2.24) is 9.97 Å². The fourth-order valence-corrected chi connectivity index (χ4v) is 2.27. The third kappa shape index (κ3) is 2.17. The molecule has 0 saturated heterocycles. The summed E-state index contributed by atoms with van der Waals surface area (Å²) in [4.78, 5) is 9.40. The Balaban J connectivity index is 2.35. The standard InChI is InChI=1S/C12H13N3S/c1-8-5-3-4-6-10(8)16-12-9(2)11(13)14-7-15-12/h3-7H,1-2H3,(H2,13,14,15). The topological polar surface area (TPSA) is 51.8 Å². The van der Waals surface area contributed by atoms with Gasteiger partial charge in [0.15, 0.2) is 0 Å². The highest BCUT2D eigenvalue weighted by molar-refractivity contribution is 7.99. The van der Waals surface area contributed by atoms with Crippen LogP contribution in [0.25, 0.3) is 0 Å². The van der Waals surface area contributed by atoms with Crippen molar-refractivity contribution in [3.05, 3.63) is 41.7 Å². The minimum Gasteiger partial charge on any atom is -0.383 e. The van der Waals surface area contributed by atoms with Crippen molar-refractivity contribution in [3.63, 3.8) is 0 Å². The molecule has 0 bridgehead atoms. The largest absolute Gasteiger partial charge is 0.383 e. The van der Waals surface area contributed by atoms with Crippen LogP contribution in [-0.2, 0) is 0 Å². The zero-order valence-electron chi connectivity index (χ0n) is 9.27. The summed E-state index contributed by atoms with van der Waals surface area (Å²) in [7, 11) is 0. The van der Waals surface area contributed by atoms with Crippen LogP contribution in [-0.4, -0.2) is 9.97 Å². The molecule has 0 atom stereocenters. The Hall–Kier alpha value is -1.55. The van der Waals surface area contributed by atoms with E-state index >= 15 is 0 Å². The Morgan fingerprint density at radius 2 is 1.88 bits per heavy atom. The average molecular weight is 231 g/mol. The van der Waals surface area contributed by atoms with Gasteiger partial charge in [0, 0.05) is 10.5 Å². The lowest BCUT2D eigenvalue weighted by Crippen LogP contribution is -1.97. The molecule has 0 fully saturated rings. The Bertz CT molecular complexity index is 511. The molecule has 2 N–H and O–H groups in total. The number of aromatic nitrogens is 2. The van der Waals surface area contributed by atoms with Gasteiger partial charge in [0.2, 0.25) is 0 Å². The molecule has 16 heavy (non-hydrogen) atoms. The third-order valence-electron chi connectivity index (χ3n) is 2.38. The van der Waals surface area contributed by atoms with Crippen molar-refractivity contribution in [2.75, 3.05) is 5.73 Å². The first-order valence-electron chi connectivity index (χ1n) is 4.99. The van der Waals surface area contributed by atoms with Crippen molar-refractivity contribution in [2.24, 2.45) is 0 Å². The SMILES string of the molecule is Cc1ccccc1Sc1ncnc(N)c1C. The van der Waals surface area contributed by atoms with Crippen LogP contribution in [0.1, 0.15) is 11.1 Å². The van der Waals surface area contributed by atoms with Crippen LogP contribution < -0.4 is 5.73 Å². The maximum absolute atomic E-state index is 5.75. The smallest absolute Gasteiger partial charge is 0.130 e. The zero-order chi connectivity index (χ0) is 11.5. The second kappa shape index (κ2) is 4.53. The van der Waals surface area contributed by atoms with E-state index in [9.17, 15) is 0 Å². The summed E-state index contributed by atoms with van der Waals surface area (Å²) in [6.07, 6.45) is 1.50. The molecule has 2 aromatic rings. The molecule has 0 amide bonds. The van der Waals surface area contributed by atoms with Crippen LogP contribution in [0, 0.1) is 13.8 Å². The van der Waals surface area contributed by atoms with Crippen molar-refractivity contribution >= 4 is 17.6 Å². The average Bonchev–Trinajstić information content (AvgIpc) is 2.28. The monoisotopic (exact) mass is 231 g/mol. The van der Waals surface area contributed by atoms with Gasteiger partial charge in [-0.1, -0.05) is 30.0 Å². The maximum Gasteiger partial charge on any atom is 0.130 e. The van der Waals surface area contributed by atoms with Crippen LogP contribution in [0.3, 0.4) is 0 Å². The van der Waals surface area contributed by atoms with Crippen LogP contribution >= 0.6 is 11.8 Å². The number of nitrogen functional groups attached to an aromatic ring is 1. The molecule has 0 unspecified atom stereocenters. The molecule has 1 heterocycles. The number of anilines is 1. The van der Waals surface area contributed by atoms with Crippen LogP contribution in [0.5, 0.6) is 0 Å². The fraction of sp³-hybridized carbons (Fsp3) is 0.167. The van der Waals surface area contributed by atoms with Crippen molar-refractivity contribution in [1.29, 1.82) is 0 Å². The normalized spacial score (nSPS) is 10.4. The Kier molecular flexibility index (Phi) is 3.10. The first-order chi connectivity index (χ1) is 7.68. The summed E-state index contributed by atoms with van der Waals surface area (Å²) in [5.74, 6) is 0.547. The van der Waals surface area contributed by atoms with Gasteiger partial charge in [0.25, 0.3) is 0 Å². The van der Waals surface area contributed by atoms with Gasteiger partial charge >= 0.3 is 0 Å². The maximum atomic E-state index is 5.75. The van der Waals surface area contributed by atoms with Gasteiger partial charge in [0.05, 0.1) is 0 Å². The van der Waals surface area contributed by atoms with Crippen LogP contribution in [0.2, 0.25) is 0 Å². The predicted molar refractivity (Wildman–Crippen MR) is 66.5 cm³/mol. The number of aryl methyl sites for hydroxylation is 1. The number of hydrogen-bond donors (Lipinski definition) is 1. The second-order valence-electron chi connectivity index (χ2n) is 3.56. The third-order valence-corrected chi connectivity index (χ3v) is 3.66. The second-order valence-corrected chi connectivity index (χ2v) is 4.59. The van der Waals surface area contributed by atoms with Crippen LogP contribution in [0.4, 0.5) is 5.82 Å². The molecular weight excluding hydrogens is 218 g/mol. The highest BCUT2D eigenvalue weighted by atomic mass is 32.2. The quantitative estimate of drug-likeness (QED) is 0.807. The van der Waals surface area contributed by atoms with E-state index < -0.39 is 0 Å². The highest BCUT2D eigenvalue weighted by Crippen LogP contribution is 2.31. The zero-order valence-corrected chi connectivity index (χ0v) is 10.1. The number of nitrogens with two attached hydrogens (primary N) is 1. The predicted octanol–water partition coefficient (Wildman–Crippen LogP) is 2.83. The molecule has 3 nitrogen and oxygen atoms in total. The molecule has 1 aromatic heterocycles. The Morgan fingerprint density at radius 3 is 2.62 bits per heavy atom. The van der Waals surface area contributed by atoms with E-state index in [2.05, 4.69) is 29.0 Å². The van der Waals surface area contributed by atoms with Crippen molar-refractivity contribution < 1.29 is 0 Å². The van der Waals surface area contributed by atoms with Gasteiger partial charge in [0.1, 0.15) is 17.2 Å². The van der Waals surface area contributed by atoms with Crippen molar-refractivity contribution in [3.8, 4) is 0 Å². The first kappa shape index (κ1) is 11.0. The van der Waals surface area contributed by atoms with E-state index in [0.717, 1.165) is 10.6 Å². The molecule has 2 rings (SSSR count). The van der Waals surface area contributed by atoms with E-state index in [1.165, 1.54) is 16.8 Å². The fourth-order valence-electron chi connectivity index (χ4n) is 1.32.